The smallest absolute Gasteiger partial charge is 0.0610 e. The molecule has 0 amide bonds. The van der Waals surface area contributed by atoms with E-state index in [9.17, 15) is 5.11 Å². The maximum atomic E-state index is 9.50. The minimum absolute atomic E-state index is 0.0304. The van der Waals surface area contributed by atoms with Gasteiger partial charge in [0.1, 0.15) is 0 Å². The molecule has 2 nitrogen and oxygen atoms in total. The molecule has 2 fully saturated rings. The van der Waals surface area contributed by atoms with Crippen LogP contribution in [0.3, 0.4) is 0 Å². The summed E-state index contributed by atoms with van der Waals surface area (Å²) in [4.78, 5) is 0. The molecule has 0 heterocycles. The van der Waals surface area contributed by atoms with Gasteiger partial charge in [-0.05, 0) is 51.2 Å². The van der Waals surface area contributed by atoms with E-state index in [-0.39, 0.29) is 12.1 Å². The molecule has 17 heavy (non-hydrogen) atoms. The highest BCUT2D eigenvalue weighted by molar-refractivity contribution is 7.99. The van der Waals surface area contributed by atoms with Crippen LogP contribution in [0.2, 0.25) is 0 Å². The first-order valence-corrected chi connectivity index (χ1v) is 8.27. The van der Waals surface area contributed by atoms with E-state index < -0.39 is 0 Å². The highest BCUT2D eigenvalue weighted by Gasteiger charge is 2.31. The van der Waals surface area contributed by atoms with E-state index in [1.165, 1.54) is 50.7 Å². The van der Waals surface area contributed by atoms with E-state index in [4.69, 9.17) is 0 Å². The van der Waals surface area contributed by atoms with Crippen molar-refractivity contribution in [3.05, 3.63) is 0 Å². The van der Waals surface area contributed by atoms with Crippen molar-refractivity contribution < 1.29 is 5.11 Å². The molecule has 0 bridgehead atoms. The first kappa shape index (κ1) is 13.7. The highest BCUT2D eigenvalue weighted by atomic mass is 32.2. The van der Waals surface area contributed by atoms with Crippen molar-refractivity contribution in [3.63, 3.8) is 0 Å². The molecule has 2 N–H and O–H groups in total. The Bertz CT molecular complexity index is 226. The van der Waals surface area contributed by atoms with Gasteiger partial charge in [0, 0.05) is 16.8 Å². The van der Waals surface area contributed by atoms with Gasteiger partial charge in [0.25, 0.3) is 0 Å². The van der Waals surface area contributed by atoms with Crippen LogP contribution in [-0.4, -0.2) is 34.3 Å². The highest BCUT2D eigenvalue weighted by Crippen LogP contribution is 2.31. The van der Waals surface area contributed by atoms with Crippen LogP contribution in [0.15, 0.2) is 0 Å². The summed E-state index contributed by atoms with van der Waals surface area (Å²) in [6, 6.07) is 0.689. The third-order valence-corrected chi connectivity index (χ3v) is 5.47. The van der Waals surface area contributed by atoms with E-state index >= 15 is 0 Å². The molecule has 1 unspecified atom stereocenters. The summed E-state index contributed by atoms with van der Waals surface area (Å²) in [5.74, 6) is 1.27. The second kappa shape index (κ2) is 6.44. The molecular formula is C14H27NOS. The Morgan fingerprint density at radius 3 is 2.53 bits per heavy atom. The van der Waals surface area contributed by atoms with Crippen molar-refractivity contribution in [2.24, 2.45) is 0 Å². The number of rotatable bonds is 8. The fourth-order valence-corrected chi connectivity index (χ4v) is 4.00. The standard InChI is InChI=1S/C14H27NOS/c1-14(11-16,15-12-7-8-12)9-4-10-17-13-5-2-3-6-13/h12-13,15-16H,2-11H2,1H3. The van der Waals surface area contributed by atoms with Crippen LogP contribution >= 0.6 is 11.8 Å². The zero-order valence-corrected chi connectivity index (χ0v) is 11.9. The number of aliphatic hydroxyl groups excluding tert-OH is 1. The molecule has 2 aliphatic carbocycles. The van der Waals surface area contributed by atoms with Crippen molar-refractivity contribution in [3.8, 4) is 0 Å². The van der Waals surface area contributed by atoms with Gasteiger partial charge >= 0.3 is 0 Å². The Balaban J connectivity index is 1.58. The van der Waals surface area contributed by atoms with Gasteiger partial charge in [-0.2, -0.15) is 11.8 Å². The second-order valence-electron chi connectivity index (χ2n) is 6.02. The molecular weight excluding hydrogens is 230 g/mol. The van der Waals surface area contributed by atoms with Crippen LogP contribution in [-0.2, 0) is 0 Å². The molecule has 2 saturated carbocycles. The lowest BCUT2D eigenvalue weighted by Gasteiger charge is -2.29. The van der Waals surface area contributed by atoms with Gasteiger partial charge in [-0.1, -0.05) is 12.8 Å². The Morgan fingerprint density at radius 2 is 1.94 bits per heavy atom. The lowest BCUT2D eigenvalue weighted by atomic mass is 9.97. The van der Waals surface area contributed by atoms with E-state index in [1.807, 2.05) is 0 Å². The van der Waals surface area contributed by atoms with Crippen LogP contribution in [0.25, 0.3) is 0 Å². The van der Waals surface area contributed by atoms with Crippen LogP contribution in [0, 0.1) is 0 Å². The molecule has 100 valence electrons. The lowest BCUT2D eigenvalue weighted by molar-refractivity contribution is 0.163. The minimum atomic E-state index is -0.0304. The van der Waals surface area contributed by atoms with E-state index in [1.54, 1.807) is 0 Å². The number of hydrogen-bond donors (Lipinski definition) is 2. The maximum Gasteiger partial charge on any atom is 0.0610 e. The monoisotopic (exact) mass is 257 g/mol. The fraction of sp³-hybridized carbons (Fsp3) is 1.00. The third-order valence-electron chi connectivity index (χ3n) is 4.01. The van der Waals surface area contributed by atoms with E-state index in [0.29, 0.717) is 6.04 Å². The third kappa shape index (κ3) is 4.80. The van der Waals surface area contributed by atoms with Gasteiger partial charge in [-0.25, -0.2) is 0 Å². The van der Waals surface area contributed by atoms with Crippen LogP contribution in [0.5, 0.6) is 0 Å². The van der Waals surface area contributed by atoms with Gasteiger partial charge in [-0.3, -0.25) is 0 Å². The van der Waals surface area contributed by atoms with Crippen molar-refractivity contribution in [1.82, 2.24) is 5.32 Å². The zero-order chi connectivity index (χ0) is 12.1. The summed E-state index contributed by atoms with van der Waals surface area (Å²) < 4.78 is 0. The average Bonchev–Trinajstić information content (AvgIpc) is 2.97. The van der Waals surface area contributed by atoms with Crippen molar-refractivity contribution >= 4 is 11.8 Å². The summed E-state index contributed by atoms with van der Waals surface area (Å²) in [6.45, 7) is 2.45. The summed E-state index contributed by atoms with van der Waals surface area (Å²) in [7, 11) is 0. The Labute approximate surface area is 110 Å². The van der Waals surface area contributed by atoms with Crippen molar-refractivity contribution in [2.75, 3.05) is 12.4 Å². The molecule has 2 aliphatic rings. The van der Waals surface area contributed by atoms with E-state index in [2.05, 4.69) is 24.0 Å². The minimum Gasteiger partial charge on any atom is -0.394 e. The van der Waals surface area contributed by atoms with Gasteiger partial charge in [0.05, 0.1) is 6.61 Å². The summed E-state index contributed by atoms with van der Waals surface area (Å²) in [5, 5.41) is 14.0. The topological polar surface area (TPSA) is 32.3 Å². The molecule has 0 aromatic rings. The van der Waals surface area contributed by atoms with Crippen molar-refractivity contribution in [2.45, 2.75) is 75.1 Å². The SMILES string of the molecule is CC(CO)(CCCSC1CCCC1)NC1CC1. The zero-order valence-electron chi connectivity index (χ0n) is 11.1. The fourth-order valence-electron chi connectivity index (χ4n) is 2.68. The molecule has 2 rings (SSSR count). The molecule has 0 spiro atoms. The maximum absolute atomic E-state index is 9.50. The summed E-state index contributed by atoms with van der Waals surface area (Å²) in [6.07, 6.45) is 10.7. The molecule has 1 atom stereocenters. The van der Waals surface area contributed by atoms with Crippen LogP contribution in [0.4, 0.5) is 0 Å². The second-order valence-corrected chi connectivity index (χ2v) is 7.43. The molecule has 0 aromatic heterocycles. The predicted octanol–water partition coefficient (Wildman–Crippen LogP) is 2.95. The Kier molecular flexibility index (Phi) is 5.19. The lowest BCUT2D eigenvalue weighted by Crippen LogP contribution is -2.47. The van der Waals surface area contributed by atoms with E-state index in [0.717, 1.165) is 11.7 Å². The molecule has 0 saturated heterocycles. The number of hydrogen-bond acceptors (Lipinski definition) is 3. The van der Waals surface area contributed by atoms with Gasteiger partial charge < -0.3 is 10.4 Å². The summed E-state index contributed by atoms with van der Waals surface area (Å²) >= 11 is 2.16. The van der Waals surface area contributed by atoms with Crippen LogP contribution < -0.4 is 5.32 Å². The Hall–Kier alpha value is 0.270. The van der Waals surface area contributed by atoms with Gasteiger partial charge in [-0.15, -0.1) is 0 Å². The quantitative estimate of drug-likeness (QED) is 0.656. The summed E-state index contributed by atoms with van der Waals surface area (Å²) in [5.41, 5.74) is -0.0304. The molecule has 0 radical (unpaired) electrons. The number of thioether (sulfide) groups is 1. The van der Waals surface area contributed by atoms with Crippen molar-refractivity contribution in [1.29, 1.82) is 0 Å². The van der Waals surface area contributed by atoms with Gasteiger partial charge in [0.2, 0.25) is 0 Å². The first-order chi connectivity index (χ1) is 8.22. The molecule has 0 aromatic carbocycles. The largest absolute Gasteiger partial charge is 0.394 e. The Morgan fingerprint density at radius 1 is 1.24 bits per heavy atom. The number of aliphatic hydroxyl groups is 1. The van der Waals surface area contributed by atoms with Gasteiger partial charge in [0.15, 0.2) is 0 Å². The predicted molar refractivity (Wildman–Crippen MR) is 75.6 cm³/mol. The molecule has 3 heteroatoms. The molecule has 0 aliphatic heterocycles. The average molecular weight is 257 g/mol. The van der Waals surface area contributed by atoms with Crippen LogP contribution in [0.1, 0.15) is 58.3 Å². The normalized spacial score (nSPS) is 25.1. The first-order valence-electron chi connectivity index (χ1n) is 7.22. The number of nitrogens with one attached hydrogen (secondary N) is 1.